The first-order chi connectivity index (χ1) is 7.90. The molecule has 0 heterocycles. The molecule has 100 valence electrons. The summed E-state index contributed by atoms with van der Waals surface area (Å²) >= 11 is 0. The molecule has 0 aromatic heterocycles. The van der Waals surface area contributed by atoms with Crippen molar-refractivity contribution in [1.82, 2.24) is 4.90 Å². The molecule has 1 N–H and O–H groups in total. The molecule has 0 unspecified atom stereocenters. The van der Waals surface area contributed by atoms with E-state index in [1.54, 1.807) is 0 Å². The number of carbonyl (C=O) groups is 1. The summed E-state index contributed by atoms with van der Waals surface area (Å²) in [7, 11) is 0. The Labute approximate surface area is 105 Å². The van der Waals surface area contributed by atoms with Gasteiger partial charge in [-0.1, -0.05) is 27.7 Å². The molecule has 1 fully saturated rings. The van der Waals surface area contributed by atoms with Crippen molar-refractivity contribution in [3.8, 4) is 0 Å². The first kappa shape index (κ1) is 14.5. The van der Waals surface area contributed by atoms with Crippen LogP contribution in [0.5, 0.6) is 0 Å². The van der Waals surface area contributed by atoms with Crippen LogP contribution in [0.4, 0.5) is 0 Å². The Bertz CT molecular complexity index is 237. The monoisotopic (exact) mass is 241 g/mol. The second kappa shape index (κ2) is 6.39. The van der Waals surface area contributed by atoms with Crippen LogP contribution in [0.2, 0.25) is 0 Å². The summed E-state index contributed by atoms with van der Waals surface area (Å²) < 4.78 is 0. The number of carboxylic acids is 1. The summed E-state index contributed by atoms with van der Waals surface area (Å²) in [5.74, 6) is 0.581. The van der Waals surface area contributed by atoms with Crippen LogP contribution in [0.1, 0.15) is 53.4 Å². The average molecular weight is 241 g/mol. The van der Waals surface area contributed by atoms with Gasteiger partial charge in [-0.25, -0.2) is 0 Å². The Morgan fingerprint density at radius 1 is 1.18 bits per heavy atom. The van der Waals surface area contributed by atoms with Crippen molar-refractivity contribution in [2.75, 3.05) is 6.54 Å². The fourth-order valence-corrected chi connectivity index (χ4v) is 2.57. The van der Waals surface area contributed by atoms with Gasteiger partial charge in [0.1, 0.15) is 0 Å². The van der Waals surface area contributed by atoms with E-state index in [0.717, 1.165) is 12.8 Å². The lowest BCUT2D eigenvalue weighted by Gasteiger charge is -2.33. The lowest BCUT2D eigenvalue weighted by molar-refractivity contribution is -0.139. The van der Waals surface area contributed by atoms with Gasteiger partial charge < -0.3 is 5.11 Å². The van der Waals surface area contributed by atoms with Gasteiger partial charge in [0.05, 0.1) is 6.54 Å². The van der Waals surface area contributed by atoms with Crippen LogP contribution in [-0.2, 0) is 4.79 Å². The van der Waals surface area contributed by atoms with Gasteiger partial charge in [-0.05, 0) is 37.5 Å². The van der Waals surface area contributed by atoms with Gasteiger partial charge in [-0.3, -0.25) is 9.69 Å². The van der Waals surface area contributed by atoms with Crippen molar-refractivity contribution in [3.05, 3.63) is 0 Å². The first-order valence-electron chi connectivity index (χ1n) is 6.87. The predicted octanol–water partition coefficient (Wildman–Crippen LogP) is 3.00. The highest BCUT2D eigenvalue weighted by atomic mass is 16.4. The summed E-state index contributed by atoms with van der Waals surface area (Å²) in [4.78, 5) is 13.2. The van der Waals surface area contributed by atoms with E-state index in [9.17, 15) is 4.79 Å². The molecular formula is C14H27NO2. The molecule has 0 saturated heterocycles. The predicted molar refractivity (Wildman–Crippen MR) is 70.1 cm³/mol. The Hall–Kier alpha value is -0.570. The van der Waals surface area contributed by atoms with Crippen molar-refractivity contribution in [1.29, 1.82) is 0 Å². The molecule has 1 aliphatic carbocycles. The van der Waals surface area contributed by atoms with Crippen LogP contribution in [0.3, 0.4) is 0 Å². The molecule has 3 heteroatoms. The fourth-order valence-electron chi connectivity index (χ4n) is 2.57. The molecule has 3 nitrogen and oxygen atoms in total. The van der Waals surface area contributed by atoms with Gasteiger partial charge in [-0.2, -0.15) is 0 Å². The maximum absolute atomic E-state index is 11.0. The molecule has 0 aromatic rings. The molecule has 1 saturated carbocycles. The normalized spacial score (nSPS) is 16.5. The molecule has 0 radical (unpaired) electrons. The standard InChI is InChI=1S/C14H27NO2/c1-10(2)7-13(8-11(3)4)15(9-14(16)17)12-5-6-12/h10-13H,5-9H2,1-4H3,(H,16,17). The van der Waals surface area contributed by atoms with Crippen LogP contribution in [-0.4, -0.2) is 34.6 Å². The summed E-state index contributed by atoms with van der Waals surface area (Å²) in [6.07, 6.45) is 4.59. The van der Waals surface area contributed by atoms with Gasteiger partial charge in [0, 0.05) is 12.1 Å². The third-order valence-corrected chi connectivity index (χ3v) is 3.29. The molecular weight excluding hydrogens is 214 g/mol. The van der Waals surface area contributed by atoms with Crippen molar-refractivity contribution < 1.29 is 9.90 Å². The minimum Gasteiger partial charge on any atom is -0.480 e. The number of nitrogens with zero attached hydrogens (tertiary/aromatic N) is 1. The third kappa shape index (κ3) is 5.53. The van der Waals surface area contributed by atoms with Crippen molar-refractivity contribution >= 4 is 5.97 Å². The van der Waals surface area contributed by atoms with Gasteiger partial charge in [0.15, 0.2) is 0 Å². The second-order valence-corrected chi connectivity index (χ2v) is 6.21. The largest absolute Gasteiger partial charge is 0.480 e. The Morgan fingerprint density at radius 2 is 1.65 bits per heavy atom. The second-order valence-electron chi connectivity index (χ2n) is 6.21. The number of carboxylic acid groups (broad SMARTS) is 1. The summed E-state index contributed by atoms with van der Waals surface area (Å²) in [5, 5.41) is 9.04. The van der Waals surface area contributed by atoms with Crippen molar-refractivity contribution in [2.45, 2.75) is 65.5 Å². The molecule has 0 atom stereocenters. The number of hydrogen-bond acceptors (Lipinski definition) is 2. The van der Waals surface area contributed by atoms with E-state index in [-0.39, 0.29) is 6.54 Å². The highest BCUT2D eigenvalue weighted by Gasteiger charge is 2.35. The Morgan fingerprint density at radius 3 is 1.94 bits per heavy atom. The van der Waals surface area contributed by atoms with Crippen LogP contribution >= 0.6 is 0 Å². The van der Waals surface area contributed by atoms with Gasteiger partial charge in [-0.15, -0.1) is 0 Å². The number of hydrogen-bond donors (Lipinski definition) is 1. The molecule has 0 spiro atoms. The molecule has 0 bridgehead atoms. The quantitative estimate of drug-likeness (QED) is 0.710. The minimum absolute atomic E-state index is 0.217. The van der Waals surface area contributed by atoms with Crippen LogP contribution in [0.15, 0.2) is 0 Å². The van der Waals surface area contributed by atoms with E-state index < -0.39 is 5.97 Å². The average Bonchev–Trinajstić information content (AvgIpc) is 2.94. The van der Waals surface area contributed by atoms with E-state index >= 15 is 0 Å². The summed E-state index contributed by atoms with van der Waals surface area (Å²) in [6, 6.07) is 0.979. The van der Waals surface area contributed by atoms with E-state index in [2.05, 4.69) is 32.6 Å². The highest BCUT2D eigenvalue weighted by molar-refractivity contribution is 5.69. The Kier molecular flexibility index (Phi) is 5.44. The molecule has 1 aliphatic rings. The molecule has 0 aromatic carbocycles. The Balaban J connectivity index is 2.64. The van der Waals surface area contributed by atoms with Gasteiger partial charge in [0.2, 0.25) is 0 Å². The first-order valence-corrected chi connectivity index (χ1v) is 6.87. The lowest BCUT2D eigenvalue weighted by atomic mass is 9.94. The van der Waals surface area contributed by atoms with E-state index in [1.165, 1.54) is 12.8 Å². The van der Waals surface area contributed by atoms with Crippen LogP contribution in [0.25, 0.3) is 0 Å². The molecule has 0 amide bonds. The van der Waals surface area contributed by atoms with Crippen molar-refractivity contribution in [2.24, 2.45) is 11.8 Å². The lowest BCUT2D eigenvalue weighted by Crippen LogP contribution is -2.42. The number of rotatable bonds is 8. The zero-order valence-corrected chi connectivity index (χ0v) is 11.6. The van der Waals surface area contributed by atoms with Crippen LogP contribution in [0, 0.1) is 11.8 Å². The summed E-state index contributed by atoms with van der Waals surface area (Å²) in [6.45, 7) is 9.10. The maximum Gasteiger partial charge on any atom is 0.317 e. The SMILES string of the molecule is CC(C)CC(CC(C)C)N(CC(=O)O)C1CC1. The van der Waals surface area contributed by atoms with E-state index in [4.69, 9.17) is 5.11 Å². The van der Waals surface area contributed by atoms with Gasteiger partial charge >= 0.3 is 5.97 Å². The number of aliphatic carboxylic acids is 1. The van der Waals surface area contributed by atoms with Crippen LogP contribution < -0.4 is 0 Å². The van der Waals surface area contributed by atoms with E-state index in [1.807, 2.05) is 0 Å². The molecule has 17 heavy (non-hydrogen) atoms. The maximum atomic E-state index is 11.0. The zero-order valence-electron chi connectivity index (χ0n) is 11.6. The fraction of sp³-hybridized carbons (Fsp3) is 0.929. The topological polar surface area (TPSA) is 40.5 Å². The summed E-state index contributed by atoms with van der Waals surface area (Å²) in [5.41, 5.74) is 0. The third-order valence-electron chi connectivity index (χ3n) is 3.29. The minimum atomic E-state index is -0.686. The highest BCUT2D eigenvalue weighted by Crippen LogP contribution is 2.32. The van der Waals surface area contributed by atoms with Crippen molar-refractivity contribution in [3.63, 3.8) is 0 Å². The molecule has 1 rings (SSSR count). The zero-order chi connectivity index (χ0) is 13.0. The molecule has 0 aliphatic heterocycles. The van der Waals surface area contributed by atoms with E-state index in [0.29, 0.717) is 23.9 Å². The smallest absolute Gasteiger partial charge is 0.317 e. The van der Waals surface area contributed by atoms with Gasteiger partial charge in [0.25, 0.3) is 0 Å².